The largest absolute Gasteiger partial charge is 0.493 e. The van der Waals surface area contributed by atoms with Crippen molar-refractivity contribution in [2.24, 2.45) is 0 Å². The van der Waals surface area contributed by atoms with E-state index in [1.165, 1.54) is 25.7 Å². The van der Waals surface area contributed by atoms with Crippen molar-refractivity contribution in [1.29, 1.82) is 0 Å². The van der Waals surface area contributed by atoms with E-state index in [4.69, 9.17) is 9.47 Å². The zero-order valence-electron chi connectivity index (χ0n) is 17.2. The van der Waals surface area contributed by atoms with Gasteiger partial charge >= 0.3 is 0 Å². The fourth-order valence-electron chi connectivity index (χ4n) is 3.34. The maximum atomic E-state index is 11.6. The molecule has 0 atom stereocenters. The highest BCUT2D eigenvalue weighted by Gasteiger charge is 2.16. The van der Waals surface area contributed by atoms with E-state index >= 15 is 0 Å². The fraction of sp³-hybridized carbons (Fsp3) is 0.500. The molecule has 0 aliphatic heterocycles. The van der Waals surface area contributed by atoms with Crippen LogP contribution in [0.4, 0.5) is 0 Å². The van der Waals surface area contributed by atoms with Gasteiger partial charge in [0.2, 0.25) is 0 Å². The molecular weight excluding hydrogens is 352 g/mol. The fourth-order valence-corrected chi connectivity index (χ4v) is 3.34. The van der Waals surface area contributed by atoms with Crippen LogP contribution in [0.25, 0.3) is 10.8 Å². The second-order valence-electron chi connectivity index (χ2n) is 7.11. The van der Waals surface area contributed by atoms with E-state index in [2.05, 4.69) is 13.8 Å². The Hall–Kier alpha value is -2.36. The number of carbonyl (C=O) groups excluding carboxylic acids is 2. The van der Waals surface area contributed by atoms with Crippen molar-refractivity contribution in [3.05, 3.63) is 35.4 Å². The van der Waals surface area contributed by atoms with Gasteiger partial charge in [-0.15, -0.1) is 0 Å². The lowest BCUT2D eigenvalue weighted by Gasteiger charge is -2.16. The summed E-state index contributed by atoms with van der Waals surface area (Å²) in [6, 6.07) is 7.05. The zero-order chi connectivity index (χ0) is 20.2. The molecule has 0 saturated heterocycles. The summed E-state index contributed by atoms with van der Waals surface area (Å²) < 4.78 is 12.0. The van der Waals surface area contributed by atoms with Crippen molar-refractivity contribution >= 4 is 23.3 Å². The minimum atomic E-state index is 0.514. The predicted molar refractivity (Wildman–Crippen MR) is 114 cm³/mol. The smallest absolute Gasteiger partial charge is 0.150 e. The molecule has 0 aliphatic carbocycles. The lowest BCUT2D eigenvalue weighted by molar-refractivity contribution is 0.111. The Labute approximate surface area is 168 Å². The second-order valence-corrected chi connectivity index (χ2v) is 7.11. The normalized spacial score (nSPS) is 10.8. The first-order chi connectivity index (χ1) is 13.8. The van der Waals surface area contributed by atoms with E-state index in [9.17, 15) is 9.59 Å². The van der Waals surface area contributed by atoms with E-state index in [0.717, 1.165) is 38.3 Å². The van der Waals surface area contributed by atoms with Gasteiger partial charge in [-0.2, -0.15) is 0 Å². The van der Waals surface area contributed by atoms with E-state index < -0.39 is 0 Å². The van der Waals surface area contributed by atoms with Gasteiger partial charge in [0.15, 0.2) is 12.6 Å². The summed E-state index contributed by atoms with van der Waals surface area (Å²) in [6.07, 6.45) is 10.5. The third kappa shape index (κ3) is 5.82. The third-order valence-electron chi connectivity index (χ3n) is 4.91. The molecular formula is C24H32O4. The maximum Gasteiger partial charge on any atom is 0.150 e. The van der Waals surface area contributed by atoms with Gasteiger partial charge in [0, 0.05) is 21.9 Å². The molecule has 4 nitrogen and oxygen atoms in total. The lowest BCUT2D eigenvalue weighted by Crippen LogP contribution is -2.03. The van der Waals surface area contributed by atoms with Gasteiger partial charge in [-0.05, 0) is 37.1 Å². The Morgan fingerprint density at radius 1 is 0.643 bits per heavy atom. The lowest BCUT2D eigenvalue weighted by atomic mass is 9.99. The van der Waals surface area contributed by atoms with Crippen LogP contribution in [0.2, 0.25) is 0 Å². The van der Waals surface area contributed by atoms with Gasteiger partial charge in [-0.3, -0.25) is 9.59 Å². The van der Waals surface area contributed by atoms with Crippen molar-refractivity contribution < 1.29 is 19.1 Å². The van der Waals surface area contributed by atoms with Crippen LogP contribution in [0, 0.1) is 0 Å². The van der Waals surface area contributed by atoms with Crippen LogP contribution in [-0.4, -0.2) is 25.8 Å². The molecule has 4 heteroatoms. The highest BCUT2D eigenvalue weighted by atomic mass is 16.5. The molecule has 0 fully saturated rings. The molecule has 0 aliphatic rings. The first-order valence-electron chi connectivity index (χ1n) is 10.5. The van der Waals surface area contributed by atoms with Crippen molar-refractivity contribution in [1.82, 2.24) is 0 Å². The van der Waals surface area contributed by atoms with Crippen LogP contribution in [0.1, 0.15) is 85.9 Å². The molecule has 0 aromatic heterocycles. The minimum Gasteiger partial charge on any atom is -0.493 e. The van der Waals surface area contributed by atoms with Gasteiger partial charge in [0.05, 0.1) is 13.2 Å². The van der Waals surface area contributed by atoms with E-state index in [0.29, 0.717) is 46.6 Å². The van der Waals surface area contributed by atoms with Crippen molar-refractivity contribution in [2.45, 2.75) is 65.2 Å². The molecule has 0 spiro atoms. The summed E-state index contributed by atoms with van der Waals surface area (Å²) in [5.74, 6) is 1.27. The molecule has 2 aromatic rings. The summed E-state index contributed by atoms with van der Waals surface area (Å²) in [7, 11) is 0. The van der Waals surface area contributed by atoms with Crippen LogP contribution in [0.3, 0.4) is 0 Å². The first-order valence-corrected chi connectivity index (χ1v) is 10.5. The molecule has 0 radical (unpaired) electrons. The molecule has 2 aromatic carbocycles. The number of fused-ring (bicyclic) bond motifs is 1. The van der Waals surface area contributed by atoms with Gasteiger partial charge in [-0.1, -0.05) is 52.4 Å². The average molecular weight is 385 g/mol. The average Bonchev–Trinajstić information content (AvgIpc) is 2.73. The number of hydrogen-bond donors (Lipinski definition) is 0. The standard InChI is InChI=1S/C24H32O4/c1-3-5-7-9-15-27-21-13-11-20(18-26)24-22(28-16-10-8-6-4-2)14-12-19(17-25)23(21)24/h11-14,17-18H,3-10,15-16H2,1-2H3. The Kier molecular flexibility index (Phi) is 9.53. The predicted octanol–water partition coefficient (Wildman–Crippen LogP) is 6.38. The highest BCUT2D eigenvalue weighted by Crippen LogP contribution is 2.37. The summed E-state index contributed by atoms with van der Waals surface area (Å²) in [6.45, 7) is 5.53. The molecule has 0 saturated carbocycles. The third-order valence-corrected chi connectivity index (χ3v) is 4.91. The van der Waals surface area contributed by atoms with Gasteiger partial charge in [0.25, 0.3) is 0 Å². The van der Waals surface area contributed by atoms with Gasteiger partial charge in [-0.25, -0.2) is 0 Å². The Morgan fingerprint density at radius 3 is 1.43 bits per heavy atom. The molecule has 0 heterocycles. The number of ether oxygens (including phenoxy) is 2. The zero-order valence-corrected chi connectivity index (χ0v) is 17.2. The highest BCUT2D eigenvalue weighted by molar-refractivity contribution is 6.10. The van der Waals surface area contributed by atoms with Gasteiger partial charge < -0.3 is 9.47 Å². The van der Waals surface area contributed by atoms with Crippen LogP contribution in [-0.2, 0) is 0 Å². The number of unbranched alkanes of at least 4 members (excludes halogenated alkanes) is 6. The summed E-state index contributed by atoms with van der Waals surface area (Å²) in [5, 5.41) is 1.34. The second kappa shape index (κ2) is 12.2. The molecule has 2 rings (SSSR count). The van der Waals surface area contributed by atoms with Crippen molar-refractivity contribution in [2.75, 3.05) is 13.2 Å². The molecule has 28 heavy (non-hydrogen) atoms. The maximum absolute atomic E-state index is 11.6. The Balaban J connectivity index is 2.31. The van der Waals surface area contributed by atoms with E-state index in [-0.39, 0.29) is 0 Å². The van der Waals surface area contributed by atoms with Gasteiger partial charge in [0.1, 0.15) is 11.5 Å². The number of hydrogen-bond acceptors (Lipinski definition) is 4. The molecule has 0 bridgehead atoms. The SMILES string of the molecule is CCCCCCOc1ccc(C=O)c2c(OCCCCCC)ccc(C=O)c12. The summed E-state index contributed by atoms with van der Waals surface area (Å²) in [4.78, 5) is 23.3. The minimum absolute atomic E-state index is 0.514. The number of benzene rings is 2. The molecule has 152 valence electrons. The quantitative estimate of drug-likeness (QED) is 0.280. The van der Waals surface area contributed by atoms with E-state index in [1.54, 1.807) is 24.3 Å². The number of rotatable bonds is 14. The van der Waals surface area contributed by atoms with E-state index in [1.807, 2.05) is 0 Å². The summed E-state index contributed by atoms with van der Waals surface area (Å²) >= 11 is 0. The molecule has 0 unspecified atom stereocenters. The number of aldehydes is 2. The molecule has 0 amide bonds. The summed E-state index contributed by atoms with van der Waals surface area (Å²) in [5.41, 5.74) is 1.03. The number of carbonyl (C=O) groups is 2. The van der Waals surface area contributed by atoms with Crippen molar-refractivity contribution in [3.63, 3.8) is 0 Å². The van der Waals surface area contributed by atoms with Crippen LogP contribution < -0.4 is 9.47 Å². The van der Waals surface area contributed by atoms with Crippen LogP contribution in [0.15, 0.2) is 24.3 Å². The topological polar surface area (TPSA) is 52.6 Å². The van der Waals surface area contributed by atoms with Crippen LogP contribution >= 0.6 is 0 Å². The Morgan fingerprint density at radius 2 is 1.07 bits per heavy atom. The van der Waals surface area contributed by atoms with Crippen molar-refractivity contribution in [3.8, 4) is 11.5 Å². The first kappa shape index (κ1) is 21.9. The molecule has 0 N–H and O–H groups in total. The Bertz CT molecular complexity index is 702. The monoisotopic (exact) mass is 384 g/mol. The van der Waals surface area contributed by atoms with Crippen LogP contribution in [0.5, 0.6) is 11.5 Å².